The maximum Gasteiger partial charge on any atom is 0.258 e. The molecule has 0 saturated carbocycles. The molecule has 0 fully saturated rings. The van der Waals surface area contributed by atoms with E-state index in [1.165, 1.54) is 4.88 Å². The molecule has 1 amide bonds. The van der Waals surface area contributed by atoms with E-state index in [0.717, 1.165) is 15.1 Å². The van der Waals surface area contributed by atoms with Gasteiger partial charge in [-0.15, -0.1) is 5.10 Å². The Morgan fingerprint density at radius 2 is 2.00 bits per heavy atom. The zero-order valence-electron chi connectivity index (χ0n) is 10.8. The van der Waals surface area contributed by atoms with Gasteiger partial charge in [0, 0.05) is 14.9 Å². The van der Waals surface area contributed by atoms with Crippen molar-refractivity contribution in [2.45, 2.75) is 13.8 Å². The number of anilines is 1. The minimum absolute atomic E-state index is 0.217. The zero-order valence-corrected chi connectivity index (χ0v) is 13.2. The Hall–Kier alpha value is -1.73. The van der Waals surface area contributed by atoms with Gasteiger partial charge in [0.15, 0.2) is 0 Å². The van der Waals surface area contributed by atoms with Crippen LogP contribution in [0.1, 0.15) is 20.9 Å². The molecule has 0 radical (unpaired) electrons. The van der Waals surface area contributed by atoms with E-state index >= 15 is 0 Å². The van der Waals surface area contributed by atoms with E-state index in [1.54, 1.807) is 28.0 Å². The van der Waals surface area contributed by atoms with E-state index in [1.807, 2.05) is 26.0 Å². The van der Waals surface area contributed by atoms with Gasteiger partial charge in [-0.3, -0.25) is 10.1 Å². The van der Waals surface area contributed by atoms with Crippen LogP contribution in [0.4, 0.5) is 5.95 Å². The van der Waals surface area contributed by atoms with Gasteiger partial charge < -0.3 is 0 Å². The van der Waals surface area contributed by atoms with Gasteiger partial charge in [-0.05, 0) is 38.1 Å². The number of hydrogen-bond donors (Lipinski definition) is 1. The van der Waals surface area contributed by atoms with Crippen molar-refractivity contribution in [3.8, 4) is 0 Å². The van der Waals surface area contributed by atoms with Crippen molar-refractivity contribution in [3.63, 3.8) is 0 Å². The predicted octanol–water partition coefficient (Wildman–Crippen LogP) is 3.42. The normalized spacial score (nSPS) is 10.9. The Morgan fingerprint density at radius 3 is 2.65 bits per heavy atom. The van der Waals surface area contributed by atoms with Crippen LogP contribution in [0, 0.1) is 13.8 Å². The highest BCUT2D eigenvalue weighted by Gasteiger charge is 2.13. The molecule has 0 atom stereocenters. The first-order valence-corrected chi connectivity index (χ1v) is 7.55. The number of carbonyl (C=O) groups excluding carboxylic acids is 1. The molecule has 0 saturated heterocycles. The summed E-state index contributed by atoms with van der Waals surface area (Å²) in [5, 5.41) is 7.00. The monoisotopic (exact) mass is 350 g/mol. The second-order valence-corrected chi connectivity index (χ2v) is 6.43. The Bertz CT molecular complexity index is 791. The molecule has 0 spiro atoms. The smallest absolute Gasteiger partial charge is 0.258 e. The van der Waals surface area contributed by atoms with Gasteiger partial charge in [-0.2, -0.15) is 4.98 Å². The highest BCUT2D eigenvalue weighted by Crippen LogP contribution is 2.21. The van der Waals surface area contributed by atoms with Crippen LogP contribution in [0.5, 0.6) is 0 Å². The number of thiazole rings is 1. The summed E-state index contributed by atoms with van der Waals surface area (Å²) in [6.45, 7) is 4.00. The number of amides is 1. The van der Waals surface area contributed by atoms with Gasteiger partial charge in [0.1, 0.15) is 0 Å². The molecule has 3 rings (SSSR count). The molecular weight excluding hydrogens is 340 g/mol. The van der Waals surface area contributed by atoms with E-state index in [2.05, 4.69) is 31.3 Å². The molecule has 1 N–H and O–H groups in total. The van der Waals surface area contributed by atoms with Crippen molar-refractivity contribution in [1.82, 2.24) is 14.6 Å². The molecule has 7 heteroatoms. The Labute approximate surface area is 127 Å². The lowest BCUT2D eigenvalue weighted by Gasteiger charge is -2.00. The fourth-order valence-electron chi connectivity index (χ4n) is 1.77. The van der Waals surface area contributed by atoms with Crippen LogP contribution in [0.15, 0.2) is 28.7 Å². The van der Waals surface area contributed by atoms with Gasteiger partial charge in [-0.1, -0.05) is 27.3 Å². The quantitative estimate of drug-likeness (QED) is 0.770. The van der Waals surface area contributed by atoms with E-state index < -0.39 is 0 Å². The summed E-state index contributed by atoms with van der Waals surface area (Å²) in [4.78, 5) is 18.3. The number of benzene rings is 1. The summed E-state index contributed by atoms with van der Waals surface area (Å²) in [6.07, 6.45) is 0. The standard InChI is InChI=1S/C13H11BrN4OS/c1-7-8(2)20-13-16-12(17-18(7)13)15-11(19)9-3-5-10(14)6-4-9/h3-6H,1-2H3,(H,15,17,19). The number of aryl methyl sites for hydroxylation is 2. The third kappa shape index (κ3) is 2.34. The van der Waals surface area contributed by atoms with Crippen molar-refractivity contribution in [3.05, 3.63) is 44.9 Å². The van der Waals surface area contributed by atoms with Gasteiger partial charge >= 0.3 is 0 Å². The number of nitrogens with zero attached hydrogens (tertiary/aromatic N) is 3. The predicted molar refractivity (Wildman–Crippen MR) is 82.4 cm³/mol. The number of aromatic nitrogens is 3. The summed E-state index contributed by atoms with van der Waals surface area (Å²) in [5.41, 5.74) is 1.61. The van der Waals surface area contributed by atoms with Crippen LogP contribution in [-0.4, -0.2) is 20.5 Å². The zero-order chi connectivity index (χ0) is 14.3. The summed E-state index contributed by atoms with van der Waals surface area (Å²) >= 11 is 4.89. The van der Waals surface area contributed by atoms with Gasteiger partial charge in [0.25, 0.3) is 11.9 Å². The number of nitrogens with one attached hydrogen (secondary N) is 1. The van der Waals surface area contributed by atoms with E-state index in [0.29, 0.717) is 11.5 Å². The number of carbonyl (C=O) groups is 1. The number of fused-ring (bicyclic) bond motifs is 1. The first kappa shape index (κ1) is 13.3. The minimum atomic E-state index is -0.217. The topological polar surface area (TPSA) is 59.3 Å². The summed E-state index contributed by atoms with van der Waals surface area (Å²) < 4.78 is 2.68. The van der Waals surface area contributed by atoms with E-state index in [9.17, 15) is 4.79 Å². The Balaban J connectivity index is 1.85. The molecule has 20 heavy (non-hydrogen) atoms. The van der Waals surface area contributed by atoms with Crippen molar-refractivity contribution in [2.24, 2.45) is 0 Å². The van der Waals surface area contributed by atoms with Crippen LogP contribution in [-0.2, 0) is 0 Å². The van der Waals surface area contributed by atoms with E-state index in [4.69, 9.17) is 0 Å². The fraction of sp³-hybridized carbons (Fsp3) is 0.154. The average molecular weight is 351 g/mol. The molecule has 5 nitrogen and oxygen atoms in total. The maximum atomic E-state index is 12.1. The molecule has 0 bridgehead atoms. The molecule has 0 aliphatic carbocycles. The van der Waals surface area contributed by atoms with Gasteiger partial charge in [0.2, 0.25) is 4.96 Å². The third-order valence-electron chi connectivity index (χ3n) is 2.98. The molecule has 0 aliphatic rings. The van der Waals surface area contributed by atoms with Crippen LogP contribution in [0.25, 0.3) is 4.96 Å². The first-order valence-electron chi connectivity index (χ1n) is 5.94. The van der Waals surface area contributed by atoms with E-state index in [-0.39, 0.29) is 5.91 Å². The molecule has 2 heterocycles. The summed E-state index contributed by atoms with van der Waals surface area (Å²) in [6, 6.07) is 7.13. The number of hydrogen-bond acceptors (Lipinski definition) is 4. The molecule has 1 aromatic carbocycles. The van der Waals surface area contributed by atoms with Crippen molar-refractivity contribution in [2.75, 3.05) is 5.32 Å². The number of rotatable bonds is 2. The molecule has 0 unspecified atom stereocenters. The lowest BCUT2D eigenvalue weighted by atomic mass is 10.2. The lowest BCUT2D eigenvalue weighted by molar-refractivity contribution is 0.102. The van der Waals surface area contributed by atoms with Crippen LogP contribution in [0.2, 0.25) is 0 Å². The highest BCUT2D eigenvalue weighted by atomic mass is 79.9. The third-order valence-corrected chi connectivity index (χ3v) is 4.56. The largest absolute Gasteiger partial charge is 0.289 e. The minimum Gasteiger partial charge on any atom is -0.289 e. The van der Waals surface area contributed by atoms with Crippen molar-refractivity contribution >= 4 is 44.1 Å². The maximum absolute atomic E-state index is 12.1. The second-order valence-electron chi connectivity index (χ2n) is 4.33. The molecule has 0 aliphatic heterocycles. The second kappa shape index (κ2) is 4.99. The average Bonchev–Trinajstić information content (AvgIpc) is 2.91. The molecule has 102 valence electrons. The van der Waals surface area contributed by atoms with Crippen molar-refractivity contribution in [1.29, 1.82) is 0 Å². The van der Waals surface area contributed by atoms with Gasteiger partial charge in [0.05, 0.1) is 5.69 Å². The molecule has 2 aromatic heterocycles. The first-order chi connectivity index (χ1) is 9.54. The van der Waals surface area contributed by atoms with Crippen molar-refractivity contribution < 1.29 is 4.79 Å². The van der Waals surface area contributed by atoms with Crippen LogP contribution >= 0.6 is 27.3 Å². The van der Waals surface area contributed by atoms with Crippen LogP contribution < -0.4 is 5.32 Å². The molecular formula is C13H11BrN4OS. The Morgan fingerprint density at radius 1 is 1.30 bits per heavy atom. The Kier molecular flexibility index (Phi) is 3.31. The summed E-state index contributed by atoms with van der Waals surface area (Å²) in [7, 11) is 0. The van der Waals surface area contributed by atoms with Crippen LogP contribution in [0.3, 0.4) is 0 Å². The fourth-order valence-corrected chi connectivity index (χ4v) is 2.94. The summed E-state index contributed by atoms with van der Waals surface area (Å²) in [5.74, 6) is 0.109. The highest BCUT2D eigenvalue weighted by molar-refractivity contribution is 9.10. The van der Waals surface area contributed by atoms with Gasteiger partial charge in [-0.25, -0.2) is 4.52 Å². The SMILES string of the molecule is Cc1sc2nc(NC(=O)c3ccc(Br)cc3)nn2c1C. The lowest BCUT2D eigenvalue weighted by Crippen LogP contribution is -2.13. The number of halogens is 1. The molecule has 3 aromatic rings.